The van der Waals surface area contributed by atoms with Crippen molar-refractivity contribution >= 4 is 5.97 Å². The molecule has 0 aliphatic carbocycles. The summed E-state index contributed by atoms with van der Waals surface area (Å²) >= 11 is 0. The van der Waals surface area contributed by atoms with Gasteiger partial charge in [0.1, 0.15) is 13.2 Å². The summed E-state index contributed by atoms with van der Waals surface area (Å²) in [6.07, 6.45) is 0. The SMILES string of the molecule is CC(=O)OCCOc1cc(C)c(-c2cccc(CO)c2C)cc1F. The Bertz CT molecular complexity index is 740. The van der Waals surface area contributed by atoms with Crippen molar-refractivity contribution in [3.05, 3.63) is 52.8 Å². The van der Waals surface area contributed by atoms with Crippen molar-refractivity contribution in [3.8, 4) is 16.9 Å². The Morgan fingerprint density at radius 3 is 2.58 bits per heavy atom. The lowest BCUT2D eigenvalue weighted by atomic mass is 9.93. The monoisotopic (exact) mass is 332 g/mol. The number of hydrogen-bond donors (Lipinski definition) is 1. The Hall–Kier alpha value is -2.40. The molecule has 0 amide bonds. The Kier molecular flexibility index (Phi) is 5.93. The molecule has 0 saturated heterocycles. The van der Waals surface area contributed by atoms with Gasteiger partial charge in [0.15, 0.2) is 11.6 Å². The van der Waals surface area contributed by atoms with Crippen LogP contribution in [0.4, 0.5) is 4.39 Å². The maximum absolute atomic E-state index is 14.3. The van der Waals surface area contributed by atoms with Gasteiger partial charge < -0.3 is 14.6 Å². The van der Waals surface area contributed by atoms with E-state index in [0.717, 1.165) is 27.8 Å². The van der Waals surface area contributed by atoms with Crippen molar-refractivity contribution in [1.82, 2.24) is 0 Å². The van der Waals surface area contributed by atoms with Gasteiger partial charge in [0.2, 0.25) is 0 Å². The van der Waals surface area contributed by atoms with Crippen LogP contribution in [-0.2, 0) is 16.1 Å². The highest BCUT2D eigenvalue weighted by Crippen LogP contribution is 2.32. The third kappa shape index (κ3) is 4.11. The fourth-order valence-corrected chi connectivity index (χ4v) is 2.54. The summed E-state index contributed by atoms with van der Waals surface area (Å²) in [5, 5.41) is 9.39. The number of aliphatic hydroxyl groups excluding tert-OH is 1. The first-order valence-corrected chi connectivity index (χ1v) is 7.70. The minimum Gasteiger partial charge on any atom is -0.487 e. The molecule has 0 heterocycles. The molecule has 5 heteroatoms. The minimum atomic E-state index is -0.479. The molecule has 2 aromatic rings. The minimum absolute atomic E-state index is 0.0570. The van der Waals surface area contributed by atoms with E-state index >= 15 is 0 Å². The molecule has 0 fully saturated rings. The van der Waals surface area contributed by atoms with E-state index in [0.29, 0.717) is 0 Å². The highest BCUT2D eigenvalue weighted by Gasteiger charge is 2.13. The van der Waals surface area contributed by atoms with E-state index in [4.69, 9.17) is 9.47 Å². The van der Waals surface area contributed by atoms with Gasteiger partial charge in [-0.2, -0.15) is 0 Å². The van der Waals surface area contributed by atoms with Gasteiger partial charge in [-0.15, -0.1) is 0 Å². The fraction of sp³-hybridized carbons (Fsp3) is 0.316. The van der Waals surface area contributed by atoms with Crippen LogP contribution in [-0.4, -0.2) is 24.3 Å². The summed E-state index contributed by atoms with van der Waals surface area (Å²) in [4.78, 5) is 10.7. The lowest BCUT2D eigenvalue weighted by molar-refractivity contribution is -0.141. The van der Waals surface area contributed by atoms with E-state index in [9.17, 15) is 14.3 Å². The number of benzene rings is 2. The number of aryl methyl sites for hydroxylation is 1. The van der Waals surface area contributed by atoms with Gasteiger partial charge in [0, 0.05) is 6.92 Å². The second kappa shape index (κ2) is 7.93. The van der Waals surface area contributed by atoms with Crippen LogP contribution in [0.25, 0.3) is 11.1 Å². The number of esters is 1. The molecule has 0 spiro atoms. The Balaban J connectivity index is 2.25. The number of rotatable bonds is 6. The van der Waals surface area contributed by atoms with Gasteiger partial charge >= 0.3 is 5.97 Å². The summed E-state index contributed by atoms with van der Waals surface area (Å²) in [5.41, 5.74) is 4.23. The van der Waals surface area contributed by atoms with Crippen LogP contribution < -0.4 is 4.74 Å². The summed E-state index contributed by atoms with van der Waals surface area (Å²) in [6, 6.07) is 8.65. The fourth-order valence-electron chi connectivity index (χ4n) is 2.54. The zero-order valence-corrected chi connectivity index (χ0v) is 14.1. The number of hydrogen-bond acceptors (Lipinski definition) is 4. The Morgan fingerprint density at radius 1 is 1.17 bits per heavy atom. The maximum Gasteiger partial charge on any atom is 0.302 e. The smallest absolute Gasteiger partial charge is 0.302 e. The molecule has 2 aromatic carbocycles. The van der Waals surface area contributed by atoms with Crippen LogP contribution in [0.5, 0.6) is 5.75 Å². The molecule has 4 nitrogen and oxygen atoms in total. The molecule has 2 rings (SSSR count). The van der Waals surface area contributed by atoms with Crippen molar-refractivity contribution in [1.29, 1.82) is 0 Å². The molecule has 0 aliphatic rings. The van der Waals surface area contributed by atoms with Gasteiger partial charge in [-0.3, -0.25) is 4.79 Å². The molecule has 24 heavy (non-hydrogen) atoms. The highest BCUT2D eigenvalue weighted by molar-refractivity contribution is 5.72. The highest BCUT2D eigenvalue weighted by atomic mass is 19.1. The van der Waals surface area contributed by atoms with Gasteiger partial charge in [0.05, 0.1) is 6.61 Å². The number of aliphatic hydroxyl groups is 1. The molecule has 0 atom stereocenters. The Labute approximate surface area is 140 Å². The van der Waals surface area contributed by atoms with Gasteiger partial charge in [-0.25, -0.2) is 4.39 Å². The summed E-state index contributed by atoms with van der Waals surface area (Å²) in [5.74, 6) is -0.753. The van der Waals surface area contributed by atoms with Crippen molar-refractivity contribution in [2.24, 2.45) is 0 Å². The number of carbonyl (C=O) groups is 1. The van der Waals surface area contributed by atoms with Gasteiger partial charge in [0.25, 0.3) is 0 Å². The third-order valence-corrected chi connectivity index (χ3v) is 3.83. The standard InChI is InChI=1S/C19H21FO4/c1-12-9-19(24-8-7-23-14(3)22)18(20)10-17(12)16-6-4-5-15(11-21)13(16)2/h4-6,9-10,21H,7-8,11H2,1-3H3. The first-order chi connectivity index (χ1) is 11.4. The zero-order valence-electron chi connectivity index (χ0n) is 14.1. The quantitative estimate of drug-likeness (QED) is 0.649. The molecule has 0 aliphatic heterocycles. The first kappa shape index (κ1) is 17.9. The maximum atomic E-state index is 14.3. The number of carbonyl (C=O) groups excluding carboxylic acids is 1. The van der Waals surface area contributed by atoms with Crippen molar-refractivity contribution in [3.63, 3.8) is 0 Å². The topological polar surface area (TPSA) is 55.8 Å². The molecule has 128 valence electrons. The lowest BCUT2D eigenvalue weighted by Crippen LogP contribution is -2.10. The summed E-state index contributed by atoms with van der Waals surface area (Å²) in [6.45, 7) is 5.20. The zero-order chi connectivity index (χ0) is 17.7. The van der Waals surface area contributed by atoms with E-state index < -0.39 is 11.8 Å². The van der Waals surface area contributed by atoms with E-state index in [2.05, 4.69) is 0 Å². The predicted molar refractivity (Wildman–Crippen MR) is 89.4 cm³/mol. The van der Waals surface area contributed by atoms with E-state index in [1.807, 2.05) is 32.0 Å². The predicted octanol–water partition coefficient (Wildman–Crippen LogP) is 3.54. The average molecular weight is 332 g/mol. The molecule has 1 N–H and O–H groups in total. The van der Waals surface area contributed by atoms with E-state index in [-0.39, 0.29) is 25.6 Å². The summed E-state index contributed by atoms with van der Waals surface area (Å²) < 4.78 is 24.4. The van der Waals surface area contributed by atoms with Crippen molar-refractivity contribution in [2.75, 3.05) is 13.2 Å². The Morgan fingerprint density at radius 2 is 1.92 bits per heavy atom. The normalized spacial score (nSPS) is 10.5. The molecule has 0 saturated carbocycles. The molecule has 0 aromatic heterocycles. The molecular formula is C19H21FO4. The molecular weight excluding hydrogens is 311 g/mol. The molecule has 0 radical (unpaired) electrons. The van der Waals surface area contributed by atoms with Crippen LogP contribution in [0, 0.1) is 19.7 Å². The first-order valence-electron chi connectivity index (χ1n) is 7.70. The van der Waals surface area contributed by atoms with Gasteiger partial charge in [-0.1, -0.05) is 18.2 Å². The van der Waals surface area contributed by atoms with Crippen LogP contribution in [0.2, 0.25) is 0 Å². The second-order valence-electron chi connectivity index (χ2n) is 5.53. The number of ether oxygens (including phenoxy) is 2. The van der Waals surface area contributed by atoms with Gasteiger partial charge in [-0.05, 0) is 53.8 Å². The van der Waals surface area contributed by atoms with Crippen molar-refractivity contribution < 1.29 is 23.8 Å². The number of halogens is 1. The molecule has 0 bridgehead atoms. The van der Waals surface area contributed by atoms with Crippen LogP contribution in [0.1, 0.15) is 23.6 Å². The van der Waals surface area contributed by atoms with Crippen LogP contribution in [0.3, 0.4) is 0 Å². The van der Waals surface area contributed by atoms with Crippen LogP contribution in [0.15, 0.2) is 30.3 Å². The largest absolute Gasteiger partial charge is 0.487 e. The second-order valence-corrected chi connectivity index (χ2v) is 5.53. The third-order valence-electron chi connectivity index (χ3n) is 3.83. The van der Waals surface area contributed by atoms with E-state index in [1.165, 1.54) is 13.0 Å². The van der Waals surface area contributed by atoms with Crippen LogP contribution >= 0.6 is 0 Å². The lowest BCUT2D eigenvalue weighted by Gasteiger charge is -2.15. The van der Waals surface area contributed by atoms with E-state index in [1.54, 1.807) is 6.07 Å². The van der Waals surface area contributed by atoms with Crippen molar-refractivity contribution in [2.45, 2.75) is 27.4 Å². The average Bonchev–Trinajstić information content (AvgIpc) is 2.54. The summed E-state index contributed by atoms with van der Waals surface area (Å²) in [7, 11) is 0. The molecule has 0 unspecified atom stereocenters.